The van der Waals surface area contributed by atoms with E-state index in [0.29, 0.717) is 24.2 Å². The maximum atomic E-state index is 14.2. The van der Waals surface area contributed by atoms with Crippen molar-refractivity contribution >= 4 is 11.8 Å². The molecule has 0 aromatic rings. The Hall–Kier alpha value is -1.16. The van der Waals surface area contributed by atoms with Gasteiger partial charge in [0, 0.05) is 5.92 Å². The van der Waals surface area contributed by atoms with E-state index in [2.05, 4.69) is 47.6 Å². The minimum atomic E-state index is -1.20. The van der Waals surface area contributed by atoms with Crippen molar-refractivity contribution in [2.75, 3.05) is 0 Å². The number of allylic oxidation sites excluding steroid dienone is 2. The summed E-state index contributed by atoms with van der Waals surface area (Å²) in [6.07, 6.45) is 8.89. The van der Waals surface area contributed by atoms with Gasteiger partial charge in [-0.1, -0.05) is 47.1 Å². The smallest absolute Gasteiger partial charge is 0.312 e. The Balaban J connectivity index is 1.65. The van der Waals surface area contributed by atoms with Crippen LogP contribution in [0.3, 0.4) is 0 Å². The molecule has 4 saturated carbocycles. The van der Waals surface area contributed by atoms with Gasteiger partial charge in [-0.2, -0.15) is 0 Å². The van der Waals surface area contributed by atoms with E-state index in [1.807, 2.05) is 0 Å². The first kappa shape index (κ1) is 24.5. The van der Waals surface area contributed by atoms with E-state index in [-0.39, 0.29) is 33.9 Å². The van der Waals surface area contributed by atoms with Gasteiger partial charge in [0.05, 0.1) is 11.5 Å². The number of fused-ring (bicyclic) bond motifs is 7. The van der Waals surface area contributed by atoms with Gasteiger partial charge < -0.3 is 10.2 Å². The number of aliphatic hydroxyl groups is 1. The quantitative estimate of drug-likeness (QED) is 0.474. The molecular formula is C30H46O4. The van der Waals surface area contributed by atoms with E-state index in [9.17, 15) is 19.8 Å². The molecule has 5 aliphatic rings. The Morgan fingerprint density at radius 2 is 1.62 bits per heavy atom. The van der Waals surface area contributed by atoms with Crippen LogP contribution in [0, 0.1) is 56.7 Å². The molecule has 34 heavy (non-hydrogen) atoms. The minimum Gasteiger partial charge on any atom is -0.481 e. The number of carbonyl (C=O) groups is 2. The molecule has 0 saturated heterocycles. The Bertz CT molecular complexity index is 953. The molecule has 4 heteroatoms. The largest absolute Gasteiger partial charge is 0.481 e. The number of carboxylic acid groups (broad SMARTS) is 1. The summed E-state index contributed by atoms with van der Waals surface area (Å²) in [5, 5.41) is 21.1. The summed E-state index contributed by atoms with van der Waals surface area (Å²) in [5.41, 5.74) is -0.124. The lowest BCUT2D eigenvalue weighted by molar-refractivity contribution is -0.215. The minimum absolute atomic E-state index is 0.0370. The summed E-state index contributed by atoms with van der Waals surface area (Å²) in [6.45, 7) is 16.0. The Morgan fingerprint density at radius 1 is 0.941 bits per heavy atom. The SMILES string of the molecule is C[C@H]1[C@H](C)CC[C@]2(C)CC[C@]3(C)C(=CC(=O)[C@H]4[C@@]5(C)CC[C@@H](O)[C@](C)(C(=O)O)[C@H]5CC[C@]43C)[C@H]12. The number of rotatable bonds is 1. The molecule has 0 bridgehead atoms. The van der Waals surface area contributed by atoms with Crippen LogP contribution < -0.4 is 0 Å². The zero-order valence-corrected chi connectivity index (χ0v) is 22.4. The van der Waals surface area contributed by atoms with Crippen molar-refractivity contribution in [2.45, 2.75) is 106 Å². The van der Waals surface area contributed by atoms with Gasteiger partial charge in [0.1, 0.15) is 0 Å². The van der Waals surface area contributed by atoms with Crippen LogP contribution in [0.2, 0.25) is 0 Å². The number of ketones is 1. The van der Waals surface area contributed by atoms with Gasteiger partial charge in [-0.3, -0.25) is 9.59 Å². The number of aliphatic carboxylic acids is 1. The monoisotopic (exact) mass is 470 g/mol. The van der Waals surface area contributed by atoms with Gasteiger partial charge in [0.25, 0.3) is 0 Å². The Morgan fingerprint density at radius 3 is 2.26 bits per heavy atom. The highest BCUT2D eigenvalue weighted by Crippen LogP contribution is 2.75. The molecular weight excluding hydrogens is 424 g/mol. The topological polar surface area (TPSA) is 74.6 Å². The molecule has 4 nitrogen and oxygen atoms in total. The highest BCUT2D eigenvalue weighted by Gasteiger charge is 2.71. The zero-order chi connectivity index (χ0) is 25.1. The molecule has 0 heterocycles. The van der Waals surface area contributed by atoms with Crippen molar-refractivity contribution < 1.29 is 19.8 Å². The van der Waals surface area contributed by atoms with Gasteiger partial charge >= 0.3 is 5.97 Å². The van der Waals surface area contributed by atoms with Crippen LogP contribution >= 0.6 is 0 Å². The van der Waals surface area contributed by atoms with Crippen LogP contribution in [-0.2, 0) is 9.59 Å². The third-order valence-corrected chi connectivity index (χ3v) is 13.2. The summed E-state index contributed by atoms with van der Waals surface area (Å²) in [5.74, 6) is 0.656. The molecule has 5 rings (SSSR count). The summed E-state index contributed by atoms with van der Waals surface area (Å²) in [7, 11) is 0. The predicted molar refractivity (Wildman–Crippen MR) is 133 cm³/mol. The molecule has 11 atom stereocenters. The van der Waals surface area contributed by atoms with Gasteiger partial charge in [0.2, 0.25) is 0 Å². The van der Waals surface area contributed by atoms with Crippen molar-refractivity contribution in [3.63, 3.8) is 0 Å². The van der Waals surface area contributed by atoms with Crippen LogP contribution in [0.25, 0.3) is 0 Å². The second-order valence-electron chi connectivity index (χ2n) is 14.4. The molecule has 0 aromatic carbocycles. The van der Waals surface area contributed by atoms with Crippen molar-refractivity contribution in [1.82, 2.24) is 0 Å². The Labute approximate surface area is 206 Å². The average Bonchev–Trinajstić information content (AvgIpc) is 2.75. The lowest BCUT2D eigenvalue weighted by atomic mass is 9.33. The summed E-state index contributed by atoms with van der Waals surface area (Å²) in [4.78, 5) is 26.7. The molecule has 0 unspecified atom stereocenters. The van der Waals surface area contributed by atoms with Crippen molar-refractivity contribution in [2.24, 2.45) is 56.7 Å². The Kier molecular flexibility index (Phi) is 5.20. The third kappa shape index (κ3) is 2.70. The van der Waals surface area contributed by atoms with Crippen LogP contribution in [0.15, 0.2) is 11.6 Å². The summed E-state index contributed by atoms with van der Waals surface area (Å²) in [6, 6.07) is 0. The molecule has 0 spiro atoms. The molecule has 2 N–H and O–H groups in total. The van der Waals surface area contributed by atoms with Gasteiger partial charge in [-0.15, -0.1) is 0 Å². The first-order valence-corrected chi connectivity index (χ1v) is 13.8. The van der Waals surface area contributed by atoms with E-state index in [4.69, 9.17) is 0 Å². The van der Waals surface area contributed by atoms with Gasteiger partial charge in [-0.05, 0) is 110 Å². The van der Waals surface area contributed by atoms with Crippen LogP contribution in [0.4, 0.5) is 0 Å². The molecule has 0 aliphatic heterocycles. The molecule has 4 fully saturated rings. The molecule has 190 valence electrons. The lowest BCUT2D eigenvalue weighted by Crippen LogP contribution is -2.68. The fourth-order valence-electron chi connectivity index (χ4n) is 10.7. The number of hydrogen-bond donors (Lipinski definition) is 2. The number of carbonyl (C=O) groups excluding carboxylic acids is 1. The predicted octanol–water partition coefficient (Wildman–Crippen LogP) is 6.27. The van der Waals surface area contributed by atoms with Crippen LogP contribution in [0.5, 0.6) is 0 Å². The second-order valence-corrected chi connectivity index (χ2v) is 14.4. The summed E-state index contributed by atoms with van der Waals surface area (Å²) >= 11 is 0. The van der Waals surface area contributed by atoms with E-state index in [0.717, 1.165) is 25.7 Å². The molecule has 0 aromatic heterocycles. The van der Waals surface area contributed by atoms with Crippen LogP contribution in [0.1, 0.15) is 99.8 Å². The maximum absolute atomic E-state index is 14.2. The van der Waals surface area contributed by atoms with E-state index >= 15 is 0 Å². The highest BCUT2D eigenvalue weighted by atomic mass is 16.4. The fourth-order valence-corrected chi connectivity index (χ4v) is 10.7. The first-order chi connectivity index (χ1) is 15.7. The van der Waals surface area contributed by atoms with Crippen molar-refractivity contribution in [3.8, 4) is 0 Å². The lowest BCUT2D eigenvalue weighted by Gasteiger charge is -2.70. The average molecular weight is 471 g/mol. The zero-order valence-electron chi connectivity index (χ0n) is 22.4. The number of hydrogen-bond acceptors (Lipinski definition) is 3. The van der Waals surface area contributed by atoms with Gasteiger partial charge in [-0.25, -0.2) is 0 Å². The number of carboxylic acids is 1. The van der Waals surface area contributed by atoms with E-state index < -0.39 is 22.9 Å². The fraction of sp³-hybridized carbons (Fsp3) is 0.867. The maximum Gasteiger partial charge on any atom is 0.312 e. The molecule has 0 radical (unpaired) electrons. The normalized spacial score (nSPS) is 56.9. The van der Waals surface area contributed by atoms with E-state index in [1.54, 1.807) is 6.92 Å². The van der Waals surface area contributed by atoms with Crippen molar-refractivity contribution in [3.05, 3.63) is 11.6 Å². The van der Waals surface area contributed by atoms with E-state index in [1.165, 1.54) is 24.8 Å². The first-order valence-electron chi connectivity index (χ1n) is 13.8. The van der Waals surface area contributed by atoms with Crippen molar-refractivity contribution in [1.29, 1.82) is 0 Å². The van der Waals surface area contributed by atoms with Gasteiger partial charge in [0.15, 0.2) is 5.78 Å². The standard InChI is InChI=1S/C30H46O4/c1-17-8-11-26(3)14-15-28(5)19(23(26)18(17)2)16-20(31)24-27(4)12-10-22(32)30(7,25(33)34)21(27)9-13-29(24,28)6/h16-18,21-24,32H,8-15H2,1-7H3,(H,33,34)/t17-,18+,21+,22-,23+,24+,26-,27+,28-,29-,30-/m1/s1. The van der Waals surface area contributed by atoms with Crippen LogP contribution in [-0.4, -0.2) is 28.1 Å². The molecule has 5 aliphatic carbocycles. The molecule has 0 amide bonds. The second kappa shape index (κ2) is 7.20. The third-order valence-electron chi connectivity index (χ3n) is 13.2. The number of aliphatic hydroxyl groups excluding tert-OH is 1. The highest BCUT2D eigenvalue weighted by molar-refractivity contribution is 5.96. The summed E-state index contributed by atoms with van der Waals surface area (Å²) < 4.78 is 0.